The zero-order valence-corrected chi connectivity index (χ0v) is 21.3. The van der Waals surface area contributed by atoms with E-state index in [2.05, 4.69) is 5.32 Å². The number of ether oxygens (including phenoxy) is 4. The predicted octanol–water partition coefficient (Wildman–Crippen LogP) is -6.43. The molecule has 2 heterocycles. The Kier molecular flexibility index (Phi) is 11.6. The molecular formula is C22H45N7O9. The molecule has 14 atom stereocenters. The molecule has 1 saturated carbocycles. The normalized spacial score (nSPS) is 44.9. The number of nitrogens with two attached hydrogens (primary N) is 6. The van der Waals surface area contributed by atoms with Gasteiger partial charge < -0.3 is 79.1 Å². The van der Waals surface area contributed by atoms with E-state index in [-0.39, 0.29) is 32.0 Å². The van der Waals surface area contributed by atoms with Gasteiger partial charge in [0.1, 0.15) is 24.4 Å². The summed E-state index contributed by atoms with van der Waals surface area (Å²) in [5.74, 6) is -0.707. The molecule has 0 bridgehead atoms. The van der Waals surface area contributed by atoms with Gasteiger partial charge in [0.05, 0.1) is 49.1 Å². The zero-order valence-electron chi connectivity index (χ0n) is 21.3. The number of nitrogens with one attached hydrogen (secondary N) is 1. The van der Waals surface area contributed by atoms with E-state index in [1.165, 1.54) is 0 Å². The SMILES string of the molecule is NCC[C@H](O)C(=O)N[C@@H]1C[C@H](N)[C@@H](O[C@H]2O[C@H](CN)CC[C@H]2N)[C@@H](N)[C@H]1O[C@H]1O[C@H](CO)[C@H](O)[C@H](N)[C@H]1O. The minimum Gasteiger partial charge on any atom is -0.394 e. The van der Waals surface area contributed by atoms with E-state index in [9.17, 15) is 25.2 Å². The summed E-state index contributed by atoms with van der Waals surface area (Å²) in [5.41, 5.74) is 36.3. The van der Waals surface area contributed by atoms with E-state index in [0.717, 1.165) is 0 Å². The van der Waals surface area contributed by atoms with Gasteiger partial charge in [-0.25, -0.2) is 0 Å². The molecule has 2 aliphatic heterocycles. The molecule has 16 heteroatoms. The van der Waals surface area contributed by atoms with Crippen molar-refractivity contribution >= 4 is 5.91 Å². The van der Waals surface area contributed by atoms with Gasteiger partial charge in [-0.15, -0.1) is 0 Å². The highest BCUT2D eigenvalue weighted by Crippen LogP contribution is 2.30. The average Bonchev–Trinajstić information content (AvgIpc) is 2.89. The summed E-state index contributed by atoms with van der Waals surface area (Å²) < 4.78 is 23.6. The standard InChI is InChI=1S/C22H45N7O9/c23-4-3-12(31)20(34)29-11-5-10(26)18(37-21-9(25)2-1-8(6-24)35-21)15(28)19(11)38-22-17(33)14(27)16(32)13(7-30)36-22/h8-19,21-22,30-33H,1-7,23-28H2,(H,29,34)/t8-,9+,10-,11+,12-,13+,14-,15+,16-,17+,18+,19-,21+,22+/m0/s1. The van der Waals surface area contributed by atoms with Crippen LogP contribution >= 0.6 is 0 Å². The molecule has 3 fully saturated rings. The van der Waals surface area contributed by atoms with Gasteiger partial charge in [-0.3, -0.25) is 4.79 Å². The van der Waals surface area contributed by atoms with Crippen molar-refractivity contribution in [2.45, 2.75) is 111 Å². The molecule has 222 valence electrons. The lowest BCUT2D eigenvalue weighted by molar-refractivity contribution is -0.301. The Morgan fingerprint density at radius 2 is 1.63 bits per heavy atom. The molecular weight excluding hydrogens is 506 g/mol. The molecule has 0 radical (unpaired) electrons. The molecule has 2 saturated heterocycles. The van der Waals surface area contributed by atoms with Gasteiger partial charge in [0.2, 0.25) is 5.91 Å². The maximum atomic E-state index is 12.6. The van der Waals surface area contributed by atoms with Crippen LogP contribution in [0.5, 0.6) is 0 Å². The van der Waals surface area contributed by atoms with Crippen molar-refractivity contribution in [2.24, 2.45) is 34.4 Å². The van der Waals surface area contributed by atoms with E-state index in [4.69, 9.17) is 53.3 Å². The van der Waals surface area contributed by atoms with Crippen LogP contribution in [0.1, 0.15) is 25.7 Å². The molecule has 0 unspecified atom stereocenters. The van der Waals surface area contributed by atoms with E-state index in [1.807, 2.05) is 0 Å². The van der Waals surface area contributed by atoms with Crippen LogP contribution in [-0.2, 0) is 23.7 Å². The molecule has 3 rings (SSSR count). The van der Waals surface area contributed by atoms with Crippen molar-refractivity contribution in [2.75, 3.05) is 19.7 Å². The van der Waals surface area contributed by atoms with Crippen LogP contribution in [0.2, 0.25) is 0 Å². The van der Waals surface area contributed by atoms with Crippen molar-refractivity contribution in [3.63, 3.8) is 0 Å². The maximum absolute atomic E-state index is 12.6. The Labute approximate surface area is 221 Å². The van der Waals surface area contributed by atoms with Gasteiger partial charge in [-0.1, -0.05) is 0 Å². The first kappa shape index (κ1) is 31.4. The van der Waals surface area contributed by atoms with Crippen molar-refractivity contribution in [3.8, 4) is 0 Å². The first-order valence-electron chi connectivity index (χ1n) is 13.0. The highest BCUT2D eigenvalue weighted by Gasteiger charge is 2.50. The molecule has 38 heavy (non-hydrogen) atoms. The minimum atomic E-state index is -1.49. The predicted molar refractivity (Wildman–Crippen MR) is 133 cm³/mol. The Morgan fingerprint density at radius 3 is 2.26 bits per heavy atom. The van der Waals surface area contributed by atoms with Crippen LogP contribution in [0.25, 0.3) is 0 Å². The Bertz CT molecular complexity index is 756. The maximum Gasteiger partial charge on any atom is 0.249 e. The number of carbonyl (C=O) groups excluding carboxylic acids is 1. The van der Waals surface area contributed by atoms with Gasteiger partial charge in [-0.2, -0.15) is 0 Å². The zero-order chi connectivity index (χ0) is 28.1. The van der Waals surface area contributed by atoms with E-state index in [1.54, 1.807) is 0 Å². The third kappa shape index (κ3) is 7.15. The first-order valence-corrected chi connectivity index (χ1v) is 13.0. The largest absolute Gasteiger partial charge is 0.394 e. The minimum absolute atomic E-state index is 0.0303. The highest BCUT2D eigenvalue weighted by molar-refractivity contribution is 5.80. The van der Waals surface area contributed by atoms with Gasteiger partial charge >= 0.3 is 0 Å². The molecule has 0 spiro atoms. The fraction of sp³-hybridized carbons (Fsp3) is 0.955. The lowest BCUT2D eigenvalue weighted by Crippen LogP contribution is -2.71. The number of aliphatic hydroxyl groups excluding tert-OH is 4. The van der Waals surface area contributed by atoms with Gasteiger partial charge in [0, 0.05) is 12.6 Å². The van der Waals surface area contributed by atoms with Crippen LogP contribution in [0, 0.1) is 0 Å². The summed E-state index contributed by atoms with van der Waals surface area (Å²) >= 11 is 0. The summed E-state index contributed by atoms with van der Waals surface area (Å²) in [6, 6.07) is -4.20. The summed E-state index contributed by atoms with van der Waals surface area (Å²) in [6.45, 7) is -0.209. The van der Waals surface area contributed by atoms with Crippen molar-refractivity contribution in [3.05, 3.63) is 0 Å². The van der Waals surface area contributed by atoms with Crippen LogP contribution in [0.3, 0.4) is 0 Å². The second-order valence-electron chi connectivity index (χ2n) is 10.3. The quantitative estimate of drug-likeness (QED) is 0.120. The molecule has 1 aliphatic carbocycles. The van der Waals surface area contributed by atoms with Gasteiger partial charge in [0.15, 0.2) is 12.6 Å². The summed E-state index contributed by atoms with van der Waals surface area (Å²) in [7, 11) is 0. The Hall–Kier alpha value is -1.09. The molecule has 0 aromatic carbocycles. The second kappa shape index (κ2) is 14.0. The number of aliphatic hydroxyl groups is 4. The Morgan fingerprint density at radius 1 is 0.947 bits per heavy atom. The number of amides is 1. The number of rotatable bonds is 10. The number of hydrogen-bond acceptors (Lipinski definition) is 15. The van der Waals surface area contributed by atoms with Crippen molar-refractivity contribution in [1.29, 1.82) is 0 Å². The molecule has 0 aromatic rings. The van der Waals surface area contributed by atoms with Crippen LogP contribution < -0.4 is 39.7 Å². The highest BCUT2D eigenvalue weighted by atomic mass is 16.7. The third-order valence-electron chi connectivity index (χ3n) is 7.45. The molecule has 1 amide bonds. The van der Waals surface area contributed by atoms with Crippen LogP contribution in [-0.4, -0.2) is 132 Å². The monoisotopic (exact) mass is 551 g/mol. The average molecular weight is 552 g/mol. The lowest BCUT2D eigenvalue weighted by Gasteiger charge is -2.49. The summed E-state index contributed by atoms with van der Waals surface area (Å²) in [4.78, 5) is 12.6. The van der Waals surface area contributed by atoms with Gasteiger partial charge in [0.25, 0.3) is 0 Å². The van der Waals surface area contributed by atoms with E-state index >= 15 is 0 Å². The molecule has 3 aliphatic rings. The summed E-state index contributed by atoms with van der Waals surface area (Å²) in [6.07, 6.45) is -8.33. The molecule has 16 nitrogen and oxygen atoms in total. The van der Waals surface area contributed by atoms with Gasteiger partial charge in [-0.05, 0) is 32.2 Å². The van der Waals surface area contributed by atoms with Crippen molar-refractivity contribution < 1.29 is 44.2 Å². The fourth-order valence-electron chi connectivity index (χ4n) is 5.11. The fourth-order valence-corrected chi connectivity index (χ4v) is 5.11. The van der Waals surface area contributed by atoms with Crippen molar-refractivity contribution in [1.82, 2.24) is 5.32 Å². The van der Waals surface area contributed by atoms with E-state index in [0.29, 0.717) is 12.8 Å². The molecule has 17 N–H and O–H groups in total. The van der Waals surface area contributed by atoms with Crippen LogP contribution in [0.15, 0.2) is 0 Å². The first-order chi connectivity index (χ1) is 18.0. The van der Waals surface area contributed by atoms with E-state index < -0.39 is 91.9 Å². The topological polar surface area (TPSA) is 303 Å². The second-order valence-corrected chi connectivity index (χ2v) is 10.3. The smallest absolute Gasteiger partial charge is 0.249 e. The third-order valence-corrected chi connectivity index (χ3v) is 7.45. The number of carbonyl (C=O) groups is 1. The van der Waals surface area contributed by atoms with Crippen LogP contribution in [0.4, 0.5) is 0 Å². The number of hydrogen-bond donors (Lipinski definition) is 11. The molecule has 0 aromatic heterocycles. The Balaban J connectivity index is 1.82. The lowest BCUT2D eigenvalue weighted by atomic mass is 9.82. The summed E-state index contributed by atoms with van der Waals surface area (Å²) in [5, 5.41) is 43.2.